The van der Waals surface area contributed by atoms with Crippen LogP contribution in [0.25, 0.3) is 0 Å². The van der Waals surface area contributed by atoms with Crippen LogP contribution in [-0.2, 0) is 6.42 Å². The van der Waals surface area contributed by atoms with Gasteiger partial charge in [-0.3, -0.25) is 0 Å². The van der Waals surface area contributed by atoms with E-state index in [0.717, 1.165) is 11.8 Å². The van der Waals surface area contributed by atoms with Crippen molar-refractivity contribution in [3.63, 3.8) is 0 Å². The van der Waals surface area contributed by atoms with Crippen LogP contribution in [0.4, 0.5) is 0 Å². The molecule has 17 heavy (non-hydrogen) atoms. The molecular formula is C15H23NS. The summed E-state index contributed by atoms with van der Waals surface area (Å²) in [5.41, 5.74) is 1.99. The molecule has 1 N–H and O–H groups in total. The number of nitrogens with one attached hydrogen (secondary N) is 1. The lowest BCUT2D eigenvalue weighted by molar-refractivity contribution is 0.274. The zero-order valence-corrected chi connectivity index (χ0v) is 11.9. The van der Waals surface area contributed by atoms with Gasteiger partial charge in [-0.25, -0.2) is 0 Å². The number of benzene rings is 1. The van der Waals surface area contributed by atoms with Crippen LogP contribution >= 0.6 is 11.8 Å². The molecular weight excluding hydrogens is 226 g/mol. The van der Waals surface area contributed by atoms with Gasteiger partial charge in [0.25, 0.3) is 0 Å². The third-order valence-corrected chi connectivity index (χ3v) is 5.21. The first-order chi connectivity index (χ1) is 8.17. The molecule has 1 heterocycles. The van der Waals surface area contributed by atoms with Crippen molar-refractivity contribution in [2.24, 2.45) is 5.41 Å². The molecule has 0 spiro atoms. The Bertz CT molecular complexity index is 352. The minimum atomic E-state index is 0.439. The average molecular weight is 249 g/mol. The first-order valence-electron chi connectivity index (χ1n) is 6.56. The maximum Gasteiger partial charge on any atom is 0.0141 e. The van der Waals surface area contributed by atoms with Crippen molar-refractivity contribution in [1.29, 1.82) is 0 Å². The lowest BCUT2D eigenvalue weighted by Crippen LogP contribution is -2.32. The first kappa shape index (κ1) is 13.0. The minimum Gasteiger partial charge on any atom is -0.319 e. The average Bonchev–Trinajstić information content (AvgIpc) is 2.71. The topological polar surface area (TPSA) is 12.0 Å². The van der Waals surface area contributed by atoms with Crippen LogP contribution in [0, 0.1) is 5.41 Å². The van der Waals surface area contributed by atoms with Crippen LogP contribution in [0.15, 0.2) is 29.2 Å². The predicted molar refractivity (Wildman–Crippen MR) is 76.7 cm³/mol. The van der Waals surface area contributed by atoms with E-state index in [-0.39, 0.29) is 0 Å². The number of fused-ring (bicyclic) bond motifs is 1. The fourth-order valence-corrected chi connectivity index (χ4v) is 4.25. The molecule has 2 atom stereocenters. The molecule has 2 heteroatoms. The minimum absolute atomic E-state index is 0.439. The van der Waals surface area contributed by atoms with E-state index in [2.05, 4.69) is 62.2 Å². The van der Waals surface area contributed by atoms with E-state index in [1.165, 1.54) is 24.2 Å². The van der Waals surface area contributed by atoms with Gasteiger partial charge in [-0.1, -0.05) is 32.0 Å². The summed E-state index contributed by atoms with van der Waals surface area (Å²) in [7, 11) is 2.06. The number of thioether (sulfide) groups is 1. The van der Waals surface area contributed by atoms with Crippen molar-refractivity contribution in [2.75, 3.05) is 13.6 Å². The summed E-state index contributed by atoms with van der Waals surface area (Å²) in [5, 5.41) is 4.11. The van der Waals surface area contributed by atoms with E-state index >= 15 is 0 Å². The van der Waals surface area contributed by atoms with Crippen molar-refractivity contribution >= 4 is 11.8 Å². The van der Waals surface area contributed by atoms with E-state index < -0.39 is 0 Å². The maximum absolute atomic E-state index is 3.35. The molecule has 94 valence electrons. The van der Waals surface area contributed by atoms with Gasteiger partial charge in [0.15, 0.2) is 0 Å². The fourth-order valence-electron chi connectivity index (χ4n) is 2.69. The van der Waals surface area contributed by atoms with Gasteiger partial charge in [0, 0.05) is 16.7 Å². The van der Waals surface area contributed by atoms with Crippen molar-refractivity contribution in [3.05, 3.63) is 29.8 Å². The van der Waals surface area contributed by atoms with Crippen molar-refractivity contribution in [3.8, 4) is 0 Å². The molecule has 1 aromatic rings. The van der Waals surface area contributed by atoms with Crippen LogP contribution in [0.2, 0.25) is 0 Å². The summed E-state index contributed by atoms with van der Waals surface area (Å²) in [6, 6.07) is 8.86. The molecule has 1 aliphatic heterocycles. The summed E-state index contributed by atoms with van der Waals surface area (Å²) in [6.07, 6.45) is 3.81. The second-order valence-electron chi connectivity index (χ2n) is 5.45. The van der Waals surface area contributed by atoms with Gasteiger partial charge < -0.3 is 5.32 Å². The Balaban J connectivity index is 1.99. The molecule has 2 unspecified atom stereocenters. The second-order valence-corrected chi connectivity index (χ2v) is 6.79. The number of hydrogen-bond acceptors (Lipinski definition) is 2. The van der Waals surface area contributed by atoms with Crippen LogP contribution in [-0.4, -0.2) is 18.8 Å². The smallest absolute Gasteiger partial charge is 0.0141 e. The van der Waals surface area contributed by atoms with Gasteiger partial charge in [0.05, 0.1) is 0 Å². The summed E-state index contributed by atoms with van der Waals surface area (Å²) in [5.74, 6) is 0. The van der Waals surface area contributed by atoms with E-state index in [1.54, 1.807) is 5.56 Å². The fraction of sp³-hybridized carbons (Fsp3) is 0.600. The standard InChI is InChI=1S/C15H23NS/c1-4-15(2,11-16-3)10-13-9-12-7-5-6-8-14(12)17-13/h5-8,13,16H,4,9-11H2,1-3H3. The van der Waals surface area contributed by atoms with E-state index in [4.69, 9.17) is 0 Å². The predicted octanol–water partition coefficient (Wildman–Crippen LogP) is 3.73. The van der Waals surface area contributed by atoms with Crippen molar-refractivity contribution in [2.45, 2.75) is 43.3 Å². The zero-order chi connectivity index (χ0) is 12.3. The van der Waals surface area contributed by atoms with Crippen LogP contribution in [0.5, 0.6) is 0 Å². The lowest BCUT2D eigenvalue weighted by Gasteiger charge is -2.30. The summed E-state index contributed by atoms with van der Waals surface area (Å²) in [6.45, 7) is 5.84. The van der Waals surface area contributed by atoms with Crippen LogP contribution in [0.1, 0.15) is 32.3 Å². The van der Waals surface area contributed by atoms with Gasteiger partial charge in [0.2, 0.25) is 0 Å². The number of rotatable bonds is 5. The Morgan fingerprint density at radius 1 is 1.41 bits per heavy atom. The summed E-state index contributed by atoms with van der Waals surface area (Å²) < 4.78 is 0. The molecule has 0 aromatic heterocycles. The molecule has 0 fully saturated rings. The maximum atomic E-state index is 3.35. The van der Waals surface area contributed by atoms with Gasteiger partial charge >= 0.3 is 0 Å². The molecule has 1 nitrogen and oxygen atoms in total. The summed E-state index contributed by atoms with van der Waals surface area (Å²) >= 11 is 2.08. The molecule has 0 saturated carbocycles. The van der Waals surface area contributed by atoms with E-state index in [0.29, 0.717) is 5.41 Å². The lowest BCUT2D eigenvalue weighted by atomic mass is 9.81. The SMILES string of the molecule is CCC(C)(CNC)CC1Cc2ccccc2S1. The second kappa shape index (κ2) is 5.45. The van der Waals surface area contributed by atoms with Crippen LogP contribution in [0.3, 0.4) is 0 Å². The molecule has 0 bridgehead atoms. The number of hydrogen-bond donors (Lipinski definition) is 1. The normalized spacial score (nSPS) is 22.2. The summed E-state index contributed by atoms with van der Waals surface area (Å²) in [4.78, 5) is 1.50. The Morgan fingerprint density at radius 3 is 2.82 bits per heavy atom. The van der Waals surface area contributed by atoms with E-state index in [9.17, 15) is 0 Å². The molecule has 0 aliphatic carbocycles. The van der Waals surface area contributed by atoms with Crippen molar-refractivity contribution in [1.82, 2.24) is 5.32 Å². The highest BCUT2D eigenvalue weighted by molar-refractivity contribution is 8.00. The highest BCUT2D eigenvalue weighted by Gasteiger charge is 2.30. The largest absolute Gasteiger partial charge is 0.319 e. The Kier molecular flexibility index (Phi) is 4.16. The van der Waals surface area contributed by atoms with Crippen LogP contribution < -0.4 is 5.32 Å². The Labute approximate surface area is 109 Å². The molecule has 0 saturated heterocycles. The highest BCUT2D eigenvalue weighted by Crippen LogP contribution is 2.42. The van der Waals surface area contributed by atoms with Crippen molar-refractivity contribution < 1.29 is 0 Å². The highest BCUT2D eigenvalue weighted by atomic mass is 32.2. The molecule has 0 radical (unpaired) electrons. The third kappa shape index (κ3) is 3.05. The monoisotopic (exact) mass is 249 g/mol. The molecule has 1 aliphatic rings. The van der Waals surface area contributed by atoms with Gasteiger partial charge in [0.1, 0.15) is 0 Å². The Morgan fingerprint density at radius 2 is 2.18 bits per heavy atom. The van der Waals surface area contributed by atoms with Gasteiger partial charge in [-0.2, -0.15) is 0 Å². The van der Waals surface area contributed by atoms with Gasteiger partial charge in [-0.15, -0.1) is 11.8 Å². The molecule has 2 rings (SSSR count). The van der Waals surface area contributed by atoms with Gasteiger partial charge in [-0.05, 0) is 43.4 Å². The molecule has 0 amide bonds. The Hall–Kier alpha value is -0.470. The zero-order valence-electron chi connectivity index (χ0n) is 11.1. The molecule has 1 aromatic carbocycles. The van der Waals surface area contributed by atoms with E-state index in [1.807, 2.05) is 0 Å². The third-order valence-electron chi connectivity index (χ3n) is 3.89. The quantitative estimate of drug-likeness (QED) is 0.853. The first-order valence-corrected chi connectivity index (χ1v) is 7.44.